The lowest BCUT2D eigenvalue weighted by atomic mass is 9.75. The molecular weight excluding hydrogens is 238 g/mol. The number of carbonyl (C=O) groups is 1. The van der Waals surface area contributed by atoms with E-state index in [-0.39, 0.29) is 0 Å². The maximum atomic E-state index is 11.5. The van der Waals surface area contributed by atoms with Crippen LogP contribution >= 0.6 is 0 Å². The lowest BCUT2D eigenvalue weighted by Crippen LogP contribution is -2.48. The molecule has 1 fully saturated rings. The molecule has 1 rings (SSSR count). The molecule has 0 radical (unpaired) electrons. The van der Waals surface area contributed by atoms with E-state index in [1.54, 1.807) is 0 Å². The summed E-state index contributed by atoms with van der Waals surface area (Å²) < 4.78 is 0. The van der Waals surface area contributed by atoms with Crippen LogP contribution in [0, 0.1) is 11.3 Å². The fourth-order valence-electron chi connectivity index (χ4n) is 3.24. The van der Waals surface area contributed by atoms with Crippen molar-refractivity contribution >= 4 is 5.97 Å². The average Bonchev–Trinajstić information content (AvgIpc) is 2.44. The number of hydrogen-bond donors (Lipinski definition) is 1. The fraction of sp³-hybridized carbons (Fsp3) is 0.938. The van der Waals surface area contributed by atoms with Crippen molar-refractivity contribution in [3.8, 4) is 0 Å². The third-order valence-corrected chi connectivity index (χ3v) is 5.24. The van der Waals surface area contributed by atoms with Crippen LogP contribution in [0.5, 0.6) is 0 Å². The van der Waals surface area contributed by atoms with Crippen molar-refractivity contribution in [1.82, 2.24) is 4.90 Å². The molecule has 0 aromatic carbocycles. The summed E-state index contributed by atoms with van der Waals surface area (Å²) in [7, 11) is 0. The summed E-state index contributed by atoms with van der Waals surface area (Å²) in [5.41, 5.74) is -0.453. The van der Waals surface area contributed by atoms with Gasteiger partial charge in [-0.2, -0.15) is 0 Å². The Morgan fingerprint density at radius 1 is 1.21 bits per heavy atom. The second kappa shape index (κ2) is 7.28. The lowest BCUT2D eigenvalue weighted by molar-refractivity contribution is -0.152. The van der Waals surface area contributed by atoms with Gasteiger partial charge in [-0.25, -0.2) is 0 Å². The zero-order chi connectivity index (χ0) is 14.5. The zero-order valence-corrected chi connectivity index (χ0v) is 13.1. The smallest absolute Gasteiger partial charge is 0.309 e. The highest BCUT2D eigenvalue weighted by molar-refractivity contribution is 5.74. The molecule has 1 saturated heterocycles. The van der Waals surface area contributed by atoms with Crippen LogP contribution in [-0.4, -0.2) is 35.1 Å². The second-order valence-corrected chi connectivity index (χ2v) is 6.29. The van der Waals surface area contributed by atoms with Crippen LogP contribution in [0.1, 0.15) is 66.2 Å². The SMILES string of the molecule is CCC(C)CC(CC)N1CCC(CC)(C(=O)O)CC1. The van der Waals surface area contributed by atoms with Crippen molar-refractivity contribution in [2.24, 2.45) is 11.3 Å². The highest BCUT2D eigenvalue weighted by Crippen LogP contribution is 2.36. The largest absolute Gasteiger partial charge is 0.481 e. The first kappa shape index (κ1) is 16.5. The number of aliphatic carboxylic acids is 1. The Morgan fingerprint density at radius 2 is 1.79 bits per heavy atom. The summed E-state index contributed by atoms with van der Waals surface area (Å²) in [6, 6.07) is 0.638. The molecule has 1 heterocycles. The van der Waals surface area contributed by atoms with E-state index < -0.39 is 11.4 Å². The van der Waals surface area contributed by atoms with Gasteiger partial charge in [0, 0.05) is 6.04 Å². The summed E-state index contributed by atoms with van der Waals surface area (Å²) in [5.74, 6) is 0.173. The normalized spacial score (nSPS) is 22.9. The molecule has 3 heteroatoms. The predicted octanol–water partition coefficient (Wildman–Crippen LogP) is 3.78. The van der Waals surface area contributed by atoms with Crippen LogP contribution in [0.25, 0.3) is 0 Å². The van der Waals surface area contributed by atoms with Gasteiger partial charge in [0.2, 0.25) is 0 Å². The van der Waals surface area contributed by atoms with Crippen molar-refractivity contribution < 1.29 is 9.90 Å². The van der Waals surface area contributed by atoms with Crippen LogP contribution < -0.4 is 0 Å². The van der Waals surface area contributed by atoms with E-state index in [1.165, 1.54) is 19.3 Å². The summed E-state index contributed by atoms with van der Waals surface area (Å²) in [6.45, 7) is 10.7. The predicted molar refractivity (Wildman–Crippen MR) is 79.3 cm³/mol. The zero-order valence-electron chi connectivity index (χ0n) is 13.1. The molecule has 0 aromatic rings. The molecule has 0 spiro atoms. The minimum absolute atomic E-state index is 0.453. The van der Waals surface area contributed by atoms with Gasteiger partial charge in [-0.3, -0.25) is 4.79 Å². The van der Waals surface area contributed by atoms with Crippen LogP contribution in [0.4, 0.5) is 0 Å². The molecule has 1 N–H and O–H groups in total. The maximum absolute atomic E-state index is 11.5. The van der Waals surface area contributed by atoms with Gasteiger partial charge in [-0.15, -0.1) is 0 Å². The molecule has 0 amide bonds. The second-order valence-electron chi connectivity index (χ2n) is 6.29. The minimum atomic E-state index is -0.593. The van der Waals surface area contributed by atoms with Gasteiger partial charge in [0.05, 0.1) is 5.41 Å². The Hall–Kier alpha value is -0.570. The van der Waals surface area contributed by atoms with Gasteiger partial charge in [0.1, 0.15) is 0 Å². The van der Waals surface area contributed by atoms with Crippen LogP contribution in [0.15, 0.2) is 0 Å². The summed E-state index contributed by atoms with van der Waals surface area (Å²) in [5, 5.41) is 9.44. The number of likely N-dealkylation sites (tertiary alicyclic amines) is 1. The number of carboxylic acids is 1. The van der Waals surface area contributed by atoms with E-state index in [2.05, 4.69) is 25.7 Å². The molecule has 0 saturated carbocycles. The molecule has 1 aliphatic rings. The van der Waals surface area contributed by atoms with E-state index >= 15 is 0 Å². The third-order valence-electron chi connectivity index (χ3n) is 5.24. The van der Waals surface area contributed by atoms with Crippen molar-refractivity contribution in [2.45, 2.75) is 72.3 Å². The number of carboxylic acid groups (broad SMARTS) is 1. The van der Waals surface area contributed by atoms with E-state index in [1.807, 2.05) is 6.92 Å². The number of nitrogens with zero attached hydrogens (tertiary/aromatic N) is 1. The average molecular weight is 269 g/mol. The highest BCUT2D eigenvalue weighted by atomic mass is 16.4. The van der Waals surface area contributed by atoms with Gasteiger partial charge < -0.3 is 10.0 Å². The van der Waals surface area contributed by atoms with Gasteiger partial charge >= 0.3 is 5.97 Å². The number of piperidine rings is 1. The van der Waals surface area contributed by atoms with Crippen LogP contribution in [0.2, 0.25) is 0 Å². The van der Waals surface area contributed by atoms with E-state index in [4.69, 9.17) is 0 Å². The van der Waals surface area contributed by atoms with Crippen molar-refractivity contribution in [1.29, 1.82) is 0 Å². The maximum Gasteiger partial charge on any atom is 0.309 e. The lowest BCUT2D eigenvalue weighted by Gasteiger charge is -2.42. The summed E-state index contributed by atoms with van der Waals surface area (Å²) in [4.78, 5) is 14.0. The monoisotopic (exact) mass is 269 g/mol. The van der Waals surface area contributed by atoms with Crippen LogP contribution in [-0.2, 0) is 4.79 Å². The topological polar surface area (TPSA) is 40.5 Å². The molecule has 0 aromatic heterocycles. The molecule has 0 aliphatic carbocycles. The summed E-state index contributed by atoms with van der Waals surface area (Å²) in [6.07, 6.45) is 6.05. The van der Waals surface area contributed by atoms with Gasteiger partial charge in [0.25, 0.3) is 0 Å². The summed E-state index contributed by atoms with van der Waals surface area (Å²) >= 11 is 0. The highest BCUT2D eigenvalue weighted by Gasteiger charge is 2.40. The van der Waals surface area contributed by atoms with Crippen molar-refractivity contribution in [3.63, 3.8) is 0 Å². The Morgan fingerprint density at radius 3 is 2.16 bits per heavy atom. The molecule has 3 nitrogen and oxygen atoms in total. The third kappa shape index (κ3) is 3.95. The minimum Gasteiger partial charge on any atom is -0.481 e. The molecule has 112 valence electrons. The Bertz CT molecular complexity index is 282. The van der Waals surface area contributed by atoms with Gasteiger partial charge in [0.15, 0.2) is 0 Å². The van der Waals surface area contributed by atoms with Crippen molar-refractivity contribution in [3.05, 3.63) is 0 Å². The first-order chi connectivity index (χ1) is 8.99. The Balaban J connectivity index is 2.58. The number of rotatable bonds is 7. The standard InChI is InChI=1S/C16H31NO2/c1-5-13(4)12-14(6-2)17-10-8-16(7-3,9-11-17)15(18)19/h13-14H,5-12H2,1-4H3,(H,18,19). The Kier molecular flexibility index (Phi) is 6.31. The van der Waals surface area contributed by atoms with Crippen molar-refractivity contribution in [2.75, 3.05) is 13.1 Å². The molecule has 19 heavy (non-hydrogen) atoms. The molecule has 0 bridgehead atoms. The van der Waals surface area contributed by atoms with Gasteiger partial charge in [-0.05, 0) is 51.1 Å². The molecular formula is C16H31NO2. The molecule has 2 atom stereocenters. The van der Waals surface area contributed by atoms with E-state index in [9.17, 15) is 9.90 Å². The quantitative estimate of drug-likeness (QED) is 0.764. The molecule has 2 unspecified atom stereocenters. The fourth-order valence-corrected chi connectivity index (χ4v) is 3.24. The van der Waals surface area contributed by atoms with E-state index in [0.717, 1.165) is 38.3 Å². The Labute approximate surface area is 118 Å². The van der Waals surface area contributed by atoms with Crippen LogP contribution in [0.3, 0.4) is 0 Å². The van der Waals surface area contributed by atoms with Gasteiger partial charge in [-0.1, -0.05) is 34.1 Å². The first-order valence-corrected chi connectivity index (χ1v) is 7.96. The first-order valence-electron chi connectivity index (χ1n) is 7.96. The van der Waals surface area contributed by atoms with E-state index in [0.29, 0.717) is 6.04 Å². The molecule has 1 aliphatic heterocycles. The number of hydrogen-bond acceptors (Lipinski definition) is 2.